The number of alkyl halides is 3. The van der Waals surface area contributed by atoms with E-state index in [1.54, 1.807) is 0 Å². The number of halogens is 3. The molecule has 0 amide bonds. The molecule has 1 aliphatic carbocycles. The third-order valence-corrected chi connectivity index (χ3v) is 5.16. The fourth-order valence-corrected chi connectivity index (χ4v) is 2.61. The second kappa shape index (κ2) is 3.61. The number of sulfone groups is 1. The molecular formula is C10H13F3O2S. The van der Waals surface area contributed by atoms with Gasteiger partial charge in [-0.3, -0.25) is 0 Å². The highest BCUT2D eigenvalue weighted by atomic mass is 32.2. The fourth-order valence-electron chi connectivity index (χ4n) is 1.55. The van der Waals surface area contributed by atoms with Crippen LogP contribution in [0.1, 0.15) is 13.8 Å². The lowest BCUT2D eigenvalue weighted by Crippen LogP contribution is -2.40. The number of hydrogen-bond acceptors (Lipinski definition) is 2. The van der Waals surface area contributed by atoms with Gasteiger partial charge in [0, 0.05) is 6.26 Å². The van der Waals surface area contributed by atoms with Crippen molar-refractivity contribution in [1.82, 2.24) is 0 Å². The molecule has 0 aromatic heterocycles. The lowest BCUT2D eigenvalue weighted by atomic mass is 9.87. The van der Waals surface area contributed by atoms with Gasteiger partial charge in [0.15, 0.2) is 9.84 Å². The van der Waals surface area contributed by atoms with E-state index < -0.39 is 32.3 Å². The molecule has 2 nitrogen and oxygen atoms in total. The quantitative estimate of drug-likeness (QED) is 0.720. The van der Waals surface area contributed by atoms with Gasteiger partial charge in [-0.2, -0.15) is 13.2 Å². The second-order valence-corrected chi connectivity index (χ2v) is 6.62. The van der Waals surface area contributed by atoms with Crippen LogP contribution in [0, 0.1) is 5.92 Å². The maximum Gasteiger partial charge on any atom is 0.416 e. The van der Waals surface area contributed by atoms with Crippen LogP contribution >= 0.6 is 0 Å². The normalized spacial score (nSPS) is 31.4. The van der Waals surface area contributed by atoms with Crippen LogP contribution in [0.15, 0.2) is 23.8 Å². The van der Waals surface area contributed by atoms with E-state index in [9.17, 15) is 21.6 Å². The molecule has 0 aliphatic heterocycles. The predicted molar refractivity (Wildman–Crippen MR) is 55.7 cm³/mol. The monoisotopic (exact) mass is 254 g/mol. The second-order valence-electron chi connectivity index (χ2n) is 4.20. The zero-order valence-electron chi connectivity index (χ0n) is 9.17. The van der Waals surface area contributed by atoms with Gasteiger partial charge in [-0.15, -0.1) is 0 Å². The Bertz CT molecular complexity index is 445. The van der Waals surface area contributed by atoms with Gasteiger partial charge in [0.25, 0.3) is 0 Å². The molecule has 1 rings (SSSR count). The van der Waals surface area contributed by atoms with Crippen LogP contribution < -0.4 is 0 Å². The summed E-state index contributed by atoms with van der Waals surface area (Å²) in [5.41, 5.74) is -0.791. The summed E-state index contributed by atoms with van der Waals surface area (Å²) in [6.45, 7) is 2.89. The van der Waals surface area contributed by atoms with E-state index in [1.807, 2.05) is 0 Å². The summed E-state index contributed by atoms with van der Waals surface area (Å²) in [6.07, 6.45) is -0.484. The van der Waals surface area contributed by atoms with E-state index in [4.69, 9.17) is 0 Å². The van der Waals surface area contributed by atoms with E-state index >= 15 is 0 Å². The Kier molecular flexibility index (Phi) is 3.00. The minimum Gasteiger partial charge on any atom is -0.228 e. The first-order valence-corrected chi connectivity index (χ1v) is 6.55. The lowest BCUT2D eigenvalue weighted by Gasteiger charge is -2.32. The number of hydrogen-bond donors (Lipinski definition) is 0. The Morgan fingerprint density at radius 3 is 2.19 bits per heavy atom. The molecule has 0 bridgehead atoms. The maximum atomic E-state index is 12.4. The van der Waals surface area contributed by atoms with Crippen LogP contribution in [0.25, 0.3) is 0 Å². The molecule has 2 unspecified atom stereocenters. The molecule has 92 valence electrons. The van der Waals surface area contributed by atoms with Crippen molar-refractivity contribution < 1.29 is 21.6 Å². The first kappa shape index (κ1) is 13.3. The predicted octanol–water partition coefficient (Wildman–Crippen LogP) is 2.48. The van der Waals surface area contributed by atoms with E-state index in [0.29, 0.717) is 0 Å². The molecule has 0 saturated carbocycles. The molecule has 0 aromatic carbocycles. The molecule has 6 heteroatoms. The van der Waals surface area contributed by atoms with Gasteiger partial charge < -0.3 is 0 Å². The van der Waals surface area contributed by atoms with Crippen LogP contribution in [-0.4, -0.2) is 25.6 Å². The third kappa shape index (κ3) is 2.16. The summed E-state index contributed by atoms with van der Waals surface area (Å²) in [4.78, 5) is 0. The van der Waals surface area contributed by atoms with Crippen LogP contribution in [0.2, 0.25) is 0 Å². The van der Waals surface area contributed by atoms with Crippen molar-refractivity contribution in [2.75, 3.05) is 6.26 Å². The van der Waals surface area contributed by atoms with Crippen LogP contribution in [0.3, 0.4) is 0 Å². The highest BCUT2D eigenvalue weighted by molar-refractivity contribution is 7.92. The zero-order chi connectivity index (χ0) is 12.8. The van der Waals surface area contributed by atoms with Crippen LogP contribution in [0.5, 0.6) is 0 Å². The molecule has 0 spiro atoms. The summed E-state index contributed by atoms with van der Waals surface area (Å²) >= 11 is 0. The smallest absolute Gasteiger partial charge is 0.228 e. The van der Waals surface area contributed by atoms with Crippen molar-refractivity contribution in [3.63, 3.8) is 0 Å². The summed E-state index contributed by atoms with van der Waals surface area (Å²) in [5, 5.41) is 0. The molecule has 2 atom stereocenters. The molecule has 1 aliphatic rings. The lowest BCUT2D eigenvalue weighted by molar-refractivity contribution is -0.0889. The SMILES string of the molecule is CC1C=C(C(F)(F)F)C=CC1(C)S(C)(=O)=O. The Morgan fingerprint density at radius 1 is 1.38 bits per heavy atom. The van der Waals surface area contributed by atoms with Gasteiger partial charge in [0.05, 0.1) is 10.3 Å². The third-order valence-electron chi connectivity index (χ3n) is 3.05. The Morgan fingerprint density at radius 2 is 1.88 bits per heavy atom. The summed E-state index contributed by atoms with van der Waals surface area (Å²) in [5.74, 6) is -0.705. The molecule has 0 N–H and O–H groups in total. The van der Waals surface area contributed by atoms with Gasteiger partial charge in [0.2, 0.25) is 0 Å². The average molecular weight is 254 g/mol. The van der Waals surface area contributed by atoms with Gasteiger partial charge in [-0.25, -0.2) is 8.42 Å². The van der Waals surface area contributed by atoms with Gasteiger partial charge in [-0.05, 0) is 12.8 Å². The molecule has 0 aromatic rings. The first-order valence-electron chi connectivity index (χ1n) is 4.66. The minimum atomic E-state index is -4.43. The average Bonchev–Trinajstić information content (AvgIpc) is 2.05. The van der Waals surface area contributed by atoms with E-state index in [0.717, 1.165) is 24.5 Å². The van der Waals surface area contributed by atoms with E-state index in [1.165, 1.54) is 13.8 Å². The van der Waals surface area contributed by atoms with Crippen molar-refractivity contribution in [1.29, 1.82) is 0 Å². The summed E-state index contributed by atoms with van der Waals surface area (Å²) < 4.78 is 58.9. The molecular weight excluding hydrogens is 241 g/mol. The summed E-state index contributed by atoms with van der Waals surface area (Å²) in [6, 6.07) is 0. The molecule has 16 heavy (non-hydrogen) atoms. The van der Waals surface area contributed by atoms with Crippen molar-refractivity contribution in [2.45, 2.75) is 24.8 Å². The highest BCUT2D eigenvalue weighted by Gasteiger charge is 2.43. The summed E-state index contributed by atoms with van der Waals surface area (Å²) in [7, 11) is -3.44. The van der Waals surface area contributed by atoms with E-state index in [-0.39, 0.29) is 0 Å². The van der Waals surface area contributed by atoms with Crippen molar-refractivity contribution in [3.8, 4) is 0 Å². The van der Waals surface area contributed by atoms with Crippen molar-refractivity contribution in [2.24, 2.45) is 5.92 Å². The molecule has 0 fully saturated rings. The molecule has 0 radical (unpaired) electrons. The van der Waals surface area contributed by atoms with Gasteiger partial charge in [-0.1, -0.05) is 25.2 Å². The topological polar surface area (TPSA) is 34.1 Å². The van der Waals surface area contributed by atoms with Crippen molar-refractivity contribution in [3.05, 3.63) is 23.8 Å². The standard InChI is InChI=1S/C10H13F3O2S/c1-7-6-8(10(11,12)13)4-5-9(7,2)16(3,14)15/h4-7H,1-3H3. The highest BCUT2D eigenvalue weighted by Crippen LogP contribution is 2.38. The Balaban J connectivity index is 3.17. The Labute approximate surface area is 92.8 Å². The minimum absolute atomic E-state index is 0.705. The molecule has 0 saturated heterocycles. The largest absolute Gasteiger partial charge is 0.416 e. The van der Waals surface area contributed by atoms with Gasteiger partial charge >= 0.3 is 6.18 Å². The molecule has 0 heterocycles. The van der Waals surface area contributed by atoms with Gasteiger partial charge in [0.1, 0.15) is 0 Å². The van der Waals surface area contributed by atoms with Crippen molar-refractivity contribution >= 4 is 9.84 Å². The number of rotatable bonds is 1. The maximum absolute atomic E-state index is 12.4. The number of allylic oxidation sites excluding steroid dienone is 3. The first-order chi connectivity index (χ1) is 6.98. The van der Waals surface area contributed by atoms with Crippen LogP contribution in [0.4, 0.5) is 13.2 Å². The van der Waals surface area contributed by atoms with Crippen LogP contribution in [-0.2, 0) is 9.84 Å². The fraction of sp³-hybridized carbons (Fsp3) is 0.600. The zero-order valence-corrected chi connectivity index (χ0v) is 9.98. The van der Waals surface area contributed by atoms with E-state index in [2.05, 4.69) is 0 Å². The Hall–Kier alpha value is -0.780.